The average Bonchev–Trinajstić information content (AvgIpc) is 2.53. The van der Waals surface area contributed by atoms with E-state index >= 15 is 0 Å². The highest BCUT2D eigenvalue weighted by atomic mass is 16.4. The van der Waals surface area contributed by atoms with Gasteiger partial charge in [-0.25, -0.2) is 4.79 Å². The van der Waals surface area contributed by atoms with Crippen molar-refractivity contribution < 1.29 is 19.8 Å². The van der Waals surface area contributed by atoms with Crippen molar-refractivity contribution in [2.24, 2.45) is 0 Å². The summed E-state index contributed by atoms with van der Waals surface area (Å²) in [5.41, 5.74) is 1.26. The highest BCUT2D eigenvalue weighted by molar-refractivity contribution is 5.89. The Kier molecular flexibility index (Phi) is 5.27. The summed E-state index contributed by atoms with van der Waals surface area (Å²) >= 11 is 0. The summed E-state index contributed by atoms with van der Waals surface area (Å²) in [7, 11) is 0. The van der Waals surface area contributed by atoms with Crippen molar-refractivity contribution in [1.82, 2.24) is 5.32 Å². The van der Waals surface area contributed by atoms with Gasteiger partial charge in [-0.05, 0) is 11.1 Å². The Labute approximate surface area is 128 Å². The first-order chi connectivity index (χ1) is 10.6. The normalized spacial score (nSPS) is 13.1. The number of aliphatic hydroxyl groups is 1. The van der Waals surface area contributed by atoms with E-state index in [4.69, 9.17) is 5.11 Å². The predicted molar refractivity (Wildman–Crippen MR) is 81.5 cm³/mol. The molecule has 0 radical (unpaired) electrons. The lowest BCUT2D eigenvalue weighted by molar-refractivity contribution is -0.123. The lowest BCUT2D eigenvalue weighted by Gasteiger charge is -2.22. The highest BCUT2D eigenvalue weighted by Crippen LogP contribution is 2.18. The van der Waals surface area contributed by atoms with E-state index in [0.29, 0.717) is 5.56 Å². The molecule has 2 rings (SSSR count). The SMILES string of the molecule is O=C(O)NC(C(=O)Cc1ccccc1)C(O)c1ccccc1. The first-order valence-corrected chi connectivity index (χ1v) is 6.87. The summed E-state index contributed by atoms with van der Waals surface area (Å²) < 4.78 is 0. The van der Waals surface area contributed by atoms with Crippen molar-refractivity contribution >= 4 is 11.9 Å². The summed E-state index contributed by atoms with van der Waals surface area (Å²) in [5, 5.41) is 21.4. The topological polar surface area (TPSA) is 86.6 Å². The van der Waals surface area contributed by atoms with E-state index in [0.717, 1.165) is 5.56 Å². The summed E-state index contributed by atoms with van der Waals surface area (Å²) in [4.78, 5) is 23.3. The van der Waals surface area contributed by atoms with Crippen LogP contribution >= 0.6 is 0 Å². The lowest BCUT2D eigenvalue weighted by atomic mass is 9.95. The molecular weight excluding hydrogens is 282 g/mol. The molecule has 5 heteroatoms. The van der Waals surface area contributed by atoms with E-state index in [1.807, 2.05) is 6.07 Å². The second-order valence-electron chi connectivity index (χ2n) is 4.91. The molecule has 2 atom stereocenters. The quantitative estimate of drug-likeness (QED) is 0.763. The lowest BCUT2D eigenvalue weighted by Crippen LogP contribution is -2.45. The highest BCUT2D eigenvalue weighted by Gasteiger charge is 2.29. The van der Waals surface area contributed by atoms with Gasteiger partial charge in [-0.3, -0.25) is 4.79 Å². The van der Waals surface area contributed by atoms with E-state index < -0.39 is 18.2 Å². The van der Waals surface area contributed by atoms with Crippen molar-refractivity contribution in [2.75, 3.05) is 0 Å². The number of carbonyl (C=O) groups is 2. The number of Topliss-reactive ketones (excluding diaryl/α,β-unsaturated/α-hetero) is 1. The molecule has 0 aromatic heterocycles. The first-order valence-electron chi connectivity index (χ1n) is 6.87. The van der Waals surface area contributed by atoms with E-state index in [9.17, 15) is 14.7 Å². The van der Waals surface area contributed by atoms with Crippen molar-refractivity contribution in [3.63, 3.8) is 0 Å². The van der Waals surface area contributed by atoms with E-state index in [1.165, 1.54) is 0 Å². The van der Waals surface area contributed by atoms with Gasteiger partial charge in [0.1, 0.15) is 12.1 Å². The molecule has 0 aliphatic rings. The maximum absolute atomic E-state index is 12.4. The van der Waals surface area contributed by atoms with Crippen molar-refractivity contribution in [2.45, 2.75) is 18.6 Å². The van der Waals surface area contributed by atoms with Gasteiger partial charge >= 0.3 is 6.09 Å². The van der Waals surface area contributed by atoms with Crippen LogP contribution in [0.15, 0.2) is 60.7 Å². The molecule has 0 bridgehead atoms. The van der Waals surface area contributed by atoms with Crippen LogP contribution in [0.25, 0.3) is 0 Å². The maximum Gasteiger partial charge on any atom is 0.405 e. The van der Waals surface area contributed by atoms with Crippen LogP contribution in [-0.4, -0.2) is 28.1 Å². The van der Waals surface area contributed by atoms with Crippen molar-refractivity contribution in [3.8, 4) is 0 Å². The zero-order chi connectivity index (χ0) is 15.9. The average molecular weight is 299 g/mol. The number of benzene rings is 2. The van der Waals surface area contributed by atoms with Gasteiger partial charge in [0.15, 0.2) is 5.78 Å². The van der Waals surface area contributed by atoms with Crippen LogP contribution in [0.3, 0.4) is 0 Å². The molecule has 2 unspecified atom stereocenters. The number of nitrogens with one attached hydrogen (secondary N) is 1. The minimum absolute atomic E-state index is 0.0513. The van der Waals surface area contributed by atoms with Crippen LogP contribution in [0.5, 0.6) is 0 Å². The molecule has 2 aromatic carbocycles. The van der Waals surface area contributed by atoms with E-state index in [2.05, 4.69) is 5.32 Å². The van der Waals surface area contributed by atoms with Gasteiger partial charge in [0.25, 0.3) is 0 Å². The minimum Gasteiger partial charge on any atom is -0.465 e. The van der Waals surface area contributed by atoms with Crippen molar-refractivity contribution in [1.29, 1.82) is 0 Å². The Morgan fingerprint density at radius 2 is 1.50 bits per heavy atom. The van der Waals surface area contributed by atoms with Crippen LogP contribution in [0.4, 0.5) is 4.79 Å². The molecular formula is C17H17NO4. The van der Waals surface area contributed by atoms with Crippen LogP contribution in [-0.2, 0) is 11.2 Å². The van der Waals surface area contributed by atoms with Gasteiger partial charge < -0.3 is 15.5 Å². The molecule has 1 amide bonds. The summed E-state index contributed by atoms with van der Waals surface area (Å²) in [5.74, 6) is -0.384. The molecule has 5 nitrogen and oxygen atoms in total. The molecule has 0 saturated heterocycles. The van der Waals surface area contributed by atoms with Crippen LogP contribution in [0.2, 0.25) is 0 Å². The van der Waals surface area contributed by atoms with Crippen LogP contribution in [0, 0.1) is 0 Å². The Morgan fingerprint density at radius 1 is 0.955 bits per heavy atom. The summed E-state index contributed by atoms with van der Waals surface area (Å²) in [6, 6.07) is 16.3. The Morgan fingerprint density at radius 3 is 2.05 bits per heavy atom. The van der Waals surface area contributed by atoms with Gasteiger partial charge in [-0.15, -0.1) is 0 Å². The van der Waals surface area contributed by atoms with Gasteiger partial charge in [0.05, 0.1) is 0 Å². The smallest absolute Gasteiger partial charge is 0.405 e. The second kappa shape index (κ2) is 7.38. The third kappa shape index (κ3) is 4.17. The van der Waals surface area contributed by atoms with Gasteiger partial charge in [-0.1, -0.05) is 60.7 Å². The molecule has 0 heterocycles. The standard InChI is InChI=1S/C17H17NO4/c19-14(11-12-7-3-1-4-8-12)15(18-17(21)22)16(20)13-9-5-2-6-10-13/h1-10,15-16,18,20H,11H2,(H,21,22). The number of aliphatic hydroxyl groups excluding tert-OH is 1. The maximum atomic E-state index is 12.4. The molecule has 2 aromatic rings. The van der Waals surface area contributed by atoms with Gasteiger partial charge in [0, 0.05) is 6.42 Å². The Bertz CT molecular complexity index is 628. The zero-order valence-electron chi connectivity index (χ0n) is 11.8. The molecule has 0 saturated carbocycles. The molecule has 114 valence electrons. The predicted octanol–water partition coefficient (Wildman–Crippen LogP) is 2.17. The van der Waals surface area contributed by atoms with E-state index in [1.54, 1.807) is 54.6 Å². The number of hydrogen-bond donors (Lipinski definition) is 3. The molecule has 0 fully saturated rings. The monoisotopic (exact) mass is 299 g/mol. The number of ketones is 1. The van der Waals surface area contributed by atoms with Gasteiger partial charge in [0.2, 0.25) is 0 Å². The first kappa shape index (κ1) is 15.7. The molecule has 3 N–H and O–H groups in total. The fraction of sp³-hybridized carbons (Fsp3) is 0.176. The van der Waals surface area contributed by atoms with Crippen molar-refractivity contribution in [3.05, 3.63) is 71.8 Å². The number of carbonyl (C=O) groups excluding carboxylic acids is 1. The number of hydrogen-bond acceptors (Lipinski definition) is 3. The summed E-state index contributed by atoms with van der Waals surface area (Å²) in [6.07, 6.45) is -2.52. The largest absolute Gasteiger partial charge is 0.465 e. The fourth-order valence-corrected chi connectivity index (χ4v) is 2.22. The number of amides is 1. The third-order valence-electron chi connectivity index (χ3n) is 3.30. The summed E-state index contributed by atoms with van der Waals surface area (Å²) in [6.45, 7) is 0. The van der Waals surface area contributed by atoms with Crippen LogP contribution in [0.1, 0.15) is 17.2 Å². The molecule has 22 heavy (non-hydrogen) atoms. The van der Waals surface area contributed by atoms with Crippen LogP contribution < -0.4 is 5.32 Å². The van der Waals surface area contributed by atoms with Gasteiger partial charge in [-0.2, -0.15) is 0 Å². The van der Waals surface area contributed by atoms with E-state index in [-0.39, 0.29) is 12.2 Å². The third-order valence-corrected chi connectivity index (χ3v) is 3.30. The molecule has 0 aliphatic carbocycles. The fourth-order valence-electron chi connectivity index (χ4n) is 2.22. The number of rotatable bonds is 6. The zero-order valence-corrected chi connectivity index (χ0v) is 11.8. The Balaban J connectivity index is 2.18. The minimum atomic E-state index is -1.35. The molecule has 0 spiro atoms. The Hall–Kier alpha value is -2.66. The number of carboxylic acid groups (broad SMARTS) is 1. The second-order valence-corrected chi connectivity index (χ2v) is 4.91. The molecule has 0 aliphatic heterocycles.